The molecular weight excluding hydrogens is 304 g/mol. The van der Waals surface area contributed by atoms with Crippen LogP contribution in [0.15, 0.2) is 22.9 Å². The van der Waals surface area contributed by atoms with Crippen molar-refractivity contribution in [1.82, 2.24) is 20.4 Å². The van der Waals surface area contributed by atoms with Gasteiger partial charge in [0.15, 0.2) is 0 Å². The highest BCUT2D eigenvalue weighted by atomic mass is 16.5. The fourth-order valence-corrected chi connectivity index (χ4v) is 3.23. The fourth-order valence-electron chi connectivity index (χ4n) is 3.23. The molecule has 4 heterocycles. The summed E-state index contributed by atoms with van der Waals surface area (Å²) in [6.07, 6.45) is 6.05. The number of anilines is 1. The number of hydrogen-bond donors (Lipinski definition) is 1. The number of pyridine rings is 1. The van der Waals surface area contributed by atoms with E-state index in [2.05, 4.69) is 31.4 Å². The van der Waals surface area contributed by atoms with Crippen molar-refractivity contribution in [3.05, 3.63) is 24.2 Å². The van der Waals surface area contributed by atoms with E-state index in [4.69, 9.17) is 4.52 Å². The molecular formula is C17H20N6O. The molecule has 0 amide bonds. The van der Waals surface area contributed by atoms with Crippen LogP contribution in [0.3, 0.4) is 0 Å². The average molecular weight is 324 g/mol. The second-order valence-electron chi connectivity index (χ2n) is 6.64. The molecule has 0 saturated carbocycles. The summed E-state index contributed by atoms with van der Waals surface area (Å²) in [5, 5.41) is 16.4. The summed E-state index contributed by atoms with van der Waals surface area (Å²) in [7, 11) is 0. The van der Waals surface area contributed by atoms with E-state index >= 15 is 0 Å². The van der Waals surface area contributed by atoms with E-state index < -0.39 is 5.41 Å². The van der Waals surface area contributed by atoms with Crippen LogP contribution in [-0.4, -0.2) is 41.3 Å². The molecule has 0 aromatic carbocycles. The summed E-state index contributed by atoms with van der Waals surface area (Å²) >= 11 is 0. The number of nitriles is 1. The van der Waals surface area contributed by atoms with E-state index in [9.17, 15) is 5.26 Å². The molecule has 2 aliphatic rings. The molecule has 0 bridgehead atoms. The summed E-state index contributed by atoms with van der Waals surface area (Å²) in [5.74, 6) is 2.04. The van der Waals surface area contributed by atoms with E-state index in [0.717, 1.165) is 24.5 Å². The highest BCUT2D eigenvalue weighted by molar-refractivity contribution is 5.56. The Balaban J connectivity index is 1.47. The molecule has 1 N–H and O–H groups in total. The van der Waals surface area contributed by atoms with Gasteiger partial charge in [-0.05, 0) is 31.4 Å². The Kier molecular flexibility index (Phi) is 3.90. The molecule has 0 unspecified atom stereocenters. The van der Waals surface area contributed by atoms with Gasteiger partial charge < -0.3 is 14.7 Å². The zero-order valence-electron chi connectivity index (χ0n) is 13.5. The second-order valence-corrected chi connectivity index (χ2v) is 6.64. The van der Waals surface area contributed by atoms with E-state index in [0.29, 0.717) is 31.2 Å². The van der Waals surface area contributed by atoms with Gasteiger partial charge >= 0.3 is 0 Å². The van der Waals surface area contributed by atoms with Gasteiger partial charge in [-0.1, -0.05) is 5.16 Å². The van der Waals surface area contributed by atoms with Crippen molar-refractivity contribution in [1.29, 1.82) is 5.26 Å². The minimum absolute atomic E-state index is 0.403. The van der Waals surface area contributed by atoms with Crippen LogP contribution in [-0.2, 0) is 6.42 Å². The van der Waals surface area contributed by atoms with Gasteiger partial charge in [-0.15, -0.1) is 0 Å². The summed E-state index contributed by atoms with van der Waals surface area (Å²) in [5.41, 5.74) is 0.434. The Morgan fingerprint density at radius 1 is 1.25 bits per heavy atom. The molecule has 0 spiro atoms. The van der Waals surface area contributed by atoms with Crippen LogP contribution in [0.1, 0.15) is 25.2 Å². The van der Waals surface area contributed by atoms with Gasteiger partial charge in [0.05, 0.1) is 11.5 Å². The molecule has 2 fully saturated rings. The lowest BCUT2D eigenvalue weighted by molar-refractivity contribution is 0.221. The molecule has 2 saturated heterocycles. The van der Waals surface area contributed by atoms with Crippen LogP contribution in [0, 0.1) is 16.7 Å². The minimum atomic E-state index is -0.403. The lowest BCUT2D eigenvalue weighted by atomic mass is 9.80. The summed E-state index contributed by atoms with van der Waals surface area (Å²) < 4.78 is 5.32. The first-order valence-corrected chi connectivity index (χ1v) is 8.44. The second kappa shape index (κ2) is 6.21. The molecule has 0 atom stereocenters. The topological polar surface area (TPSA) is 90.9 Å². The van der Waals surface area contributed by atoms with Gasteiger partial charge in [0.1, 0.15) is 5.82 Å². The smallest absolute Gasteiger partial charge is 0.228 e. The van der Waals surface area contributed by atoms with Gasteiger partial charge in [0.25, 0.3) is 0 Å². The monoisotopic (exact) mass is 324 g/mol. The largest absolute Gasteiger partial charge is 0.357 e. The third-order valence-electron chi connectivity index (χ3n) is 4.81. The molecule has 4 rings (SSSR count). The fraction of sp³-hybridized carbons (Fsp3) is 0.529. The van der Waals surface area contributed by atoms with Gasteiger partial charge in [0, 0.05) is 44.4 Å². The highest BCUT2D eigenvalue weighted by Gasteiger charge is 2.39. The van der Waals surface area contributed by atoms with Crippen molar-refractivity contribution in [2.45, 2.75) is 25.7 Å². The van der Waals surface area contributed by atoms with Gasteiger partial charge in [-0.25, -0.2) is 4.98 Å². The van der Waals surface area contributed by atoms with E-state index in [1.807, 2.05) is 12.1 Å². The van der Waals surface area contributed by atoms with E-state index in [1.165, 1.54) is 19.3 Å². The quantitative estimate of drug-likeness (QED) is 0.916. The zero-order chi connectivity index (χ0) is 16.4. The molecule has 2 aromatic rings. The predicted octanol–water partition coefficient (Wildman–Crippen LogP) is 1.78. The molecule has 0 aliphatic carbocycles. The summed E-state index contributed by atoms with van der Waals surface area (Å²) in [4.78, 5) is 11.3. The Hall–Kier alpha value is -2.46. The number of nitrogens with one attached hydrogen (secondary N) is 1. The number of rotatable bonds is 4. The highest BCUT2D eigenvalue weighted by Crippen LogP contribution is 2.27. The normalized spacial score (nSPS) is 19.5. The third kappa shape index (κ3) is 2.85. The van der Waals surface area contributed by atoms with Crippen molar-refractivity contribution in [2.24, 2.45) is 5.41 Å². The van der Waals surface area contributed by atoms with Crippen LogP contribution < -0.4 is 10.2 Å². The third-order valence-corrected chi connectivity index (χ3v) is 4.81. The molecule has 0 radical (unpaired) electrons. The molecule has 2 aromatic heterocycles. The van der Waals surface area contributed by atoms with E-state index in [-0.39, 0.29) is 0 Å². The maximum atomic E-state index is 9.28. The lowest BCUT2D eigenvalue weighted by Crippen LogP contribution is -2.53. The van der Waals surface area contributed by atoms with Gasteiger partial charge in [-0.3, -0.25) is 0 Å². The van der Waals surface area contributed by atoms with Crippen molar-refractivity contribution in [2.75, 3.05) is 31.1 Å². The van der Waals surface area contributed by atoms with Crippen LogP contribution in [0.4, 0.5) is 5.82 Å². The molecule has 7 nitrogen and oxygen atoms in total. The maximum absolute atomic E-state index is 9.28. The lowest BCUT2D eigenvalue weighted by Gasteiger charge is -2.34. The molecule has 2 aliphatic heterocycles. The van der Waals surface area contributed by atoms with E-state index in [1.54, 1.807) is 6.20 Å². The SMILES string of the molecule is N#CC1(Cc2nc(-c3ccc(N4CCCCC4)nc3)no2)CNC1. The summed E-state index contributed by atoms with van der Waals surface area (Å²) in [6, 6.07) is 6.35. The van der Waals surface area contributed by atoms with Crippen LogP contribution in [0.2, 0.25) is 0 Å². The first-order valence-electron chi connectivity index (χ1n) is 8.44. The first-order chi connectivity index (χ1) is 11.8. The number of nitrogens with zero attached hydrogens (tertiary/aromatic N) is 5. The molecule has 24 heavy (non-hydrogen) atoms. The standard InChI is InChI=1S/C17H20N6O/c18-10-17(11-19-12-17)8-15-21-16(22-24-15)13-4-5-14(20-9-13)23-6-2-1-3-7-23/h4-5,9,19H,1-3,6-8,11-12H2. The maximum Gasteiger partial charge on any atom is 0.228 e. The van der Waals surface area contributed by atoms with Crippen LogP contribution >= 0.6 is 0 Å². The minimum Gasteiger partial charge on any atom is -0.357 e. The molecule has 7 heteroatoms. The number of hydrogen-bond acceptors (Lipinski definition) is 7. The van der Waals surface area contributed by atoms with Gasteiger partial charge in [0.2, 0.25) is 11.7 Å². The van der Waals surface area contributed by atoms with Crippen molar-refractivity contribution in [3.8, 4) is 17.5 Å². The van der Waals surface area contributed by atoms with Crippen molar-refractivity contribution >= 4 is 5.82 Å². The Labute approximate surface area is 140 Å². The van der Waals surface area contributed by atoms with Gasteiger partial charge in [-0.2, -0.15) is 10.2 Å². The first kappa shape index (κ1) is 15.1. The van der Waals surface area contributed by atoms with Crippen LogP contribution in [0.5, 0.6) is 0 Å². The number of piperidine rings is 1. The van der Waals surface area contributed by atoms with Crippen molar-refractivity contribution < 1.29 is 4.52 Å². The Morgan fingerprint density at radius 3 is 2.71 bits per heavy atom. The average Bonchev–Trinajstić information content (AvgIpc) is 3.08. The Bertz CT molecular complexity index is 737. The molecule has 124 valence electrons. The number of aromatic nitrogens is 3. The summed E-state index contributed by atoms with van der Waals surface area (Å²) in [6.45, 7) is 3.49. The predicted molar refractivity (Wildman–Crippen MR) is 88.2 cm³/mol. The van der Waals surface area contributed by atoms with Crippen molar-refractivity contribution in [3.63, 3.8) is 0 Å². The zero-order valence-corrected chi connectivity index (χ0v) is 13.5. The van der Waals surface area contributed by atoms with Crippen LogP contribution in [0.25, 0.3) is 11.4 Å². The Morgan fingerprint density at radius 2 is 2.08 bits per heavy atom.